The lowest BCUT2D eigenvalue weighted by Gasteiger charge is -2.41. The monoisotopic (exact) mass is 776 g/mol. The number of aromatic nitrogens is 3. The number of carbonyl (C=O) groups is 1. The number of alkyl halides is 1. The van der Waals surface area contributed by atoms with Gasteiger partial charge >= 0.3 is 6.01 Å². The Hall–Kier alpha value is -4.16. The molecule has 0 spiro atoms. The highest BCUT2D eigenvalue weighted by Gasteiger charge is 2.49. The van der Waals surface area contributed by atoms with Crippen molar-refractivity contribution in [3.63, 3.8) is 0 Å². The predicted molar refractivity (Wildman–Crippen MR) is 205 cm³/mol. The average molecular weight is 777 g/mol. The Labute approximate surface area is 320 Å². The molecule has 4 saturated heterocycles. The van der Waals surface area contributed by atoms with Crippen molar-refractivity contribution in [2.24, 2.45) is 0 Å². The number of amides is 1. The van der Waals surface area contributed by atoms with E-state index in [-0.39, 0.29) is 47.7 Å². The maximum absolute atomic E-state index is 16.9. The summed E-state index contributed by atoms with van der Waals surface area (Å²) in [4.78, 5) is 35.4. The fraction of sp³-hybridized carbons (Fsp3) is 0.462. The van der Waals surface area contributed by atoms with Crippen LogP contribution in [-0.4, -0.2) is 124 Å². The predicted octanol–water partition coefficient (Wildman–Crippen LogP) is 6.27. The minimum atomic E-state index is -0.958. The number of rotatable bonds is 9. The van der Waals surface area contributed by atoms with Crippen LogP contribution in [0, 0.1) is 23.0 Å². The smallest absolute Gasteiger partial charge is 0.319 e. The molecular formula is C39H40ClF3N8O2S. The van der Waals surface area contributed by atoms with Crippen LogP contribution in [-0.2, 0) is 4.79 Å². The molecule has 54 heavy (non-hydrogen) atoms. The zero-order valence-electron chi connectivity index (χ0n) is 29.7. The summed E-state index contributed by atoms with van der Waals surface area (Å²) in [5, 5.41) is 10.9. The molecule has 0 aliphatic carbocycles. The molecule has 0 bridgehead atoms. The van der Waals surface area contributed by atoms with Gasteiger partial charge in [-0.3, -0.25) is 19.6 Å². The van der Waals surface area contributed by atoms with Crippen molar-refractivity contribution >= 4 is 56.8 Å². The number of halogens is 4. The molecule has 10 nitrogen and oxygen atoms in total. The number of ether oxygens (including phenoxy) is 1. The second kappa shape index (κ2) is 15.5. The van der Waals surface area contributed by atoms with Gasteiger partial charge in [0.2, 0.25) is 5.91 Å². The Morgan fingerprint density at radius 2 is 1.96 bits per heavy atom. The molecule has 4 aromatic rings. The van der Waals surface area contributed by atoms with E-state index in [1.54, 1.807) is 35.2 Å². The van der Waals surface area contributed by atoms with Crippen molar-refractivity contribution in [3.05, 3.63) is 65.3 Å². The quantitative estimate of drug-likeness (QED) is 0.181. The number of nitrogens with zero attached hydrogens (tertiary/aromatic N) is 8. The molecule has 0 saturated carbocycles. The number of nitriles is 1. The van der Waals surface area contributed by atoms with Crippen LogP contribution in [0.4, 0.5) is 19.0 Å². The van der Waals surface area contributed by atoms with Crippen molar-refractivity contribution < 1.29 is 22.7 Å². The highest BCUT2D eigenvalue weighted by Crippen LogP contribution is 2.42. The fourth-order valence-electron chi connectivity index (χ4n) is 8.47. The summed E-state index contributed by atoms with van der Waals surface area (Å²) in [5.41, 5.74) is -0.323. The number of benzene rings is 2. The van der Waals surface area contributed by atoms with Crippen LogP contribution in [0.5, 0.6) is 6.01 Å². The molecule has 0 N–H and O–H groups in total. The Balaban J connectivity index is 1.14. The first kappa shape index (κ1) is 36.8. The fourth-order valence-corrected chi connectivity index (χ4v) is 9.72. The topological polar surface area (TPSA) is 102 Å². The van der Waals surface area contributed by atoms with Crippen molar-refractivity contribution in [2.45, 2.75) is 43.4 Å². The van der Waals surface area contributed by atoms with Gasteiger partial charge in [-0.25, -0.2) is 13.2 Å². The Bertz CT molecular complexity index is 2150. The highest BCUT2D eigenvalue weighted by molar-refractivity contribution is 7.99. The summed E-state index contributed by atoms with van der Waals surface area (Å²) >= 11 is 8.36. The van der Waals surface area contributed by atoms with E-state index in [9.17, 15) is 18.8 Å². The summed E-state index contributed by atoms with van der Waals surface area (Å²) in [7, 11) is 0. The summed E-state index contributed by atoms with van der Waals surface area (Å²) < 4.78 is 52.5. The molecule has 0 unspecified atom stereocenters. The van der Waals surface area contributed by atoms with Gasteiger partial charge in [-0.15, -0.1) is 0 Å². The van der Waals surface area contributed by atoms with Crippen molar-refractivity contribution in [1.82, 2.24) is 29.7 Å². The summed E-state index contributed by atoms with van der Waals surface area (Å²) in [5.74, 6) is 0.936. The van der Waals surface area contributed by atoms with E-state index in [1.807, 2.05) is 22.7 Å². The van der Waals surface area contributed by atoms with Gasteiger partial charge in [0.25, 0.3) is 0 Å². The second-order valence-electron chi connectivity index (χ2n) is 14.5. The average Bonchev–Trinajstić information content (AvgIpc) is 3.71. The molecule has 1 amide bonds. The number of thioether (sulfide) groups is 1. The molecular weight excluding hydrogens is 737 g/mol. The normalized spacial score (nSPS) is 23.8. The largest absolute Gasteiger partial charge is 0.461 e. The van der Waals surface area contributed by atoms with Gasteiger partial charge in [0, 0.05) is 87.0 Å². The standard InChI is InChI=1S/C39H40ClF3N8O2S/c40-33-30(42)8-7-25-4-1-5-28(32(25)33)35-34(43)36-29(21-45-35)37(47-38(46-36)53-24-39-10-3-13-50(39)22-26(41)20-39)49-14-15-51(27(23-49)9-11-44)31(52)6-2-12-48-16-18-54-19-17-48/h1-2,4-8,21,26-27H,3,9-10,12-20,22-24H2/b6-2+/t26-,27+,39+/m1/s1. The van der Waals surface area contributed by atoms with Crippen molar-refractivity contribution in [2.75, 3.05) is 75.4 Å². The van der Waals surface area contributed by atoms with Crippen LogP contribution in [0.2, 0.25) is 5.02 Å². The lowest BCUT2D eigenvalue weighted by molar-refractivity contribution is -0.128. The minimum Gasteiger partial charge on any atom is -0.461 e. The molecule has 4 aliphatic rings. The van der Waals surface area contributed by atoms with E-state index >= 15 is 4.39 Å². The molecule has 8 rings (SSSR count). The van der Waals surface area contributed by atoms with Crippen LogP contribution < -0.4 is 9.64 Å². The maximum Gasteiger partial charge on any atom is 0.319 e. The van der Waals surface area contributed by atoms with Crippen molar-refractivity contribution in [1.29, 1.82) is 5.26 Å². The molecule has 282 valence electrons. The molecule has 3 atom stereocenters. The summed E-state index contributed by atoms with van der Waals surface area (Å²) in [6.07, 6.45) is 6.13. The third kappa shape index (κ3) is 7.07. The zero-order valence-corrected chi connectivity index (χ0v) is 31.3. The van der Waals surface area contributed by atoms with Crippen molar-refractivity contribution in [3.8, 4) is 23.3 Å². The number of piperazine rings is 1. The van der Waals surface area contributed by atoms with E-state index in [4.69, 9.17) is 21.3 Å². The molecule has 2 aromatic carbocycles. The van der Waals surface area contributed by atoms with Gasteiger partial charge in [0.05, 0.1) is 34.5 Å². The summed E-state index contributed by atoms with van der Waals surface area (Å²) in [6.45, 7) is 4.83. The van der Waals surface area contributed by atoms with Gasteiger partial charge < -0.3 is 14.5 Å². The van der Waals surface area contributed by atoms with E-state index in [2.05, 4.69) is 25.8 Å². The third-order valence-electron chi connectivity index (χ3n) is 11.2. The number of pyridine rings is 1. The first-order chi connectivity index (χ1) is 26.2. The number of fused-ring (bicyclic) bond motifs is 3. The van der Waals surface area contributed by atoms with Crippen LogP contribution in [0.1, 0.15) is 25.7 Å². The lowest BCUT2D eigenvalue weighted by atomic mass is 9.95. The van der Waals surface area contributed by atoms with Gasteiger partial charge in [0.15, 0.2) is 5.82 Å². The maximum atomic E-state index is 16.9. The molecule has 4 aliphatic heterocycles. The second-order valence-corrected chi connectivity index (χ2v) is 16.1. The van der Waals surface area contributed by atoms with Crippen LogP contribution >= 0.6 is 23.4 Å². The highest BCUT2D eigenvalue weighted by atomic mass is 35.5. The molecule has 0 radical (unpaired) electrons. The number of carbonyl (C=O) groups excluding carboxylic acids is 1. The lowest BCUT2D eigenvalue weighted by Crippen LogP contribution is -2.55. The van der Waals surface area contributed by atoms with E-state index in [0.717, 1.165) is 44.0 Å². The summed E-state index contributed by atoms with van der Waals surface area (Å²) in [6, 6.07) is 9.65. The Kier molecular flexibility index (Phi) is 10.6. The Morgan fingerprint density at radius 3 is 2.80 bits per heavy atom. The van der Waals surface area contributed by atoms with E-state index in [0.29, 0.717) is 60.1 Å². The van der Waals surface area contributed by atoms with Gasteiger partial charge in [0.1, 0.15) is 35.6 Å². The number of anilines is 1. The zero-order chi connectivity index (χ0) is 37.4. The van der Waals surface area contributed by atoms with Crippen LogP contribution in [0.25, 0.3) is 32.9 Å². The van der Waals surface area contributed by atoms with Crippen LogP contribution in [0.15, 0.2) is 48.7 Å². The van der Waals surface area contributed by atoms with Gasteiger partial charge in [-0.1, -0.05) is 41.9 Å². The first-order valence-corrected chi connectivity index (χ1v) is 19.9. The molecule has 6 heterocycles. The van der Waals surface area contributed by atoms with Gasteiger partial charge in [-0.2, -0.15) is 27.0 Å². The Morgan fingerprint density at radius 1 is 1.11 bits per heavy atom. The molecule has 15 heteroatoms. The van der Waals surface area contributed by atoms with Crippen LogP contribution in [0.3, 0.4) is 0 Å². The minimum absolute atomic E-state index is 0.0607. The third-order valence-corrected chi connectivity index (χ3v) is 12.5. The molecule has 2 aromatic heterocycles. The number of hydrogen-bond donors (Lipinski definition) is 0. The molecule has 4 fully saturated rings. The number of hydrogen-bond acceptors (Lipinski definition) is 10. The van der Waals surface area contributed by atoms with Gasteiger partial charge in [-0.05, 0) is 30.8 Å². The van der Waals surface area contributed by atoms with E-state index in [1.165, 1.54) is 12.3 Å². The van der Waals surface area contributed by atoms with E-state index < -0.39 is 29.4 Å². The SMILES string of the molecule is N#CC[C@H]1CN(c2nc(OC[C@@]34CCCN3C[C@H](F)C4)nc3c(F)c(-c4cccc5ccc(F)c(Cl)c45)ncc23)CCN1C(=O)/C=C/CN1CCSCC1. The first-order valence-electron chi connectivity index (χ1n) is 18.4.